The van der Waals surface area contributed by atoms with Gasteiger partial charge in [-0.15, -0.1) is 21.5 Å². The molecular formula is C29H26ClN7OS2. The molecule has 1 aliphatic rings. The zero-order chi connectivity index (χ0) is 27.5. The van der Waals surface area contributed by atoms with Crippen molar-refractivity contribution in [2.75, 3.05) is 31.1 Å². The number of hydrogen-bond donors (Lipinski definition) is 0. The molecule has 4 heterocycles. The number of piperazine rings is 1. The number of rotatable bonds is 7. The summed E-state index contributed by atoms with van der Waals surface area (Å²) in [5.74, 6) is 1.30. The number of carbonyl (C=O) groups excluding carboxylic acids is 1. The lowest BCUT2D eigenvalue weighted by molar-refractivity contribution is 0.0741. The lowest BCUT2D eigenvalue weighted by atomic mass is 10.2. The molecule has 1 saturated heterocycles. The first-order chi connectivity index (χ1) is 19.6. The van der Waals surface area contributed by atoms with Gasteiger partial charge in [-0.3, -0.25) is 14.3 Å². The van der Waals surface area contributed by atoms with E-state index in [0.717, 1.165) is 56.6 Å². The number of para-hydroxylation sites is 2. The number of amides is 1. The number of pyridine rings is 1. The van der Waals surface area contributed by atoms with Crippen LogP contribution in [0.25, 0.3) is 17.1 Å². The molecule has 0 radical (unpaired) electrons. The van der Waals surface area contributed by atoms with Gasteiger partial charge in [-0.2, -0.15) is 0 Å². The Balaban J connectivity index is 1.15. The first-order valence-corrected chi connectivity index (χ1v) is 15.1. The van der Waals surface area contributed by atoms with Gasteiger partial charge < -0.3 is 9.80 Å². The van der Waals surface area contributed by atoms with E-state index in [9.17, 15) is 4.79 Å². The van der Waals surface area contributed by atoms with Gasteiger partial charge in [0.15, 0.2) is 11.0 Å². The first kappa shape index (κ1) is 26.5. The van der Waals surface area contributed by atoms with Crippen LogP contribution in [0.3, 0.4) is 0 Å². The van der Waals surface area contributed by atoms with Crippen molar-refractivity contribution < 1.29 is 4.79 Å². The minimum absolute atomic E-state index is 0.0330. The van der Waals surface area contributed by atoms with Gasteiger partial charge in [-0.25, -0.2) is 4.98 Å². The van der Waals surface area contributed by atoms with Gasteiger partial charge in [0.2, 0.25) is 0 Å². The van der Waals surface area contributed by atoms with Crippen LogP contribution in [-0.2, 0) is 5.75 Å². The molecule has 0 aliphatic carbocycles. The second kappa shape index (κ2) is 11.8. The second-order valence-electron chi connectivity index (χ2n) is 9.31. The number of thiazole rings is 1. The van der Waals surface area contributed by atoms with E-state index in [-0.39, 0.29) is 5.91 Å². The van der Waals surface area contributed by atoms with E-state index >= 15 is 0 Å². The summed E-state index contributed by atoms with van der Waals surface area (Å²) < 4.78 is 2.08. The number of aromatic nitrogens is 5. The van der Waals surface area contributed by atoms with E-state index in [0.29, 0.717) is 24.5 Å². The quantitative estimate of drug-likeness (QED) is 0.216. The fourth-order valence-corrected chi connectivity index (χ4v) is 6.69. The zero-order valence-electron chi connectivity index (χ0n) is 21.8. The number of halogens is 1. The third kappa shape index (κ3) is 5.47. The summed E-state index contributed by atoms with van der Waals surface area (Å²) in [6.07, 6.45) is 3.51. The number of carbonyl (C=O) groups is 1. The van der Waals surface area contributed by atoms with Crippen molar-refractivity contribution in [3.05, 3.63) is 99.7 Å². The summed E-state index contributed by atoms with van der Waals surface area (Å²) in [5.41, 5.74) is 4.58. The van der Waals surface area contributed by atoms with E-state index in [1.807, 2.05) is 58.8 Å². The Morgan fingerprint density at radius 2 is 1.68 bits per heavy atom. The van der Waals surface area contributed by atoms with E-state index in [1.54, 1.807) is 24.2 Å². The summed E-state index contributed by atoms with van der Waals surface area (Å²) in [4.78, 5) is 26.1. The predicted octanol–water partition coefficient (Wildman–Crippen LogP) is 6.00. The fraction of sp³-hybridized carbons (Fsp3) is 0.207. The number of nitrogens with zero attached hydrogens (tertiary/aromatic N) is 7. The zero-order valence-corrected chi connectivity index (χ0v) is 24.2. The van der Waals surface area contributed by atoms with Crippen LogP contribution in [0.4, 0.5) is 5.69 Å². The maximum atomic E-state index is 13.2. The first-order valence-electron chi connectivity index (χ1n) is 12.9. The lowest BCUT2D eigenvalue weighted by Gasteiger charge is -2.36. The van der Waals surface area contributed by atoms with Crippen LogP contribution in [0.5, 0.6) is 0 Å². The number of thioether (sulfide) groups is 1. The normalized spacial score (nSPS) is 13.6. The van der Waals surface area contributed by atoms with Gasteiger partial charge in [0.05, 0.1) is 22.2 Å². The van der Waals surface area contributed by atoms with Gasteiger partial charge in [0.1, 0.15) is 10.7 Å². The van der Waals surface area contributed by atoms with Crippen molar-refractivity contribution in [3.8, 4) is 17.1 Å². The fourth-order valence-electron chi connectivity index (χ4n) is 4.71. The van der Waals surface area contributed by atoms with Crippen LogP contribution >= 0.6 is 34.7 Å². The standard InChI is InChI=1S/C29H26ClN7OS2/c1-20-6-2-4-8-24(20)37-27(21-10-12-31-13-11-21)33-34-29(37)40-19-26-32-23(18-39-26)28(38)36-16-14-35(15-17-36)25-9-5-3-7-22(25)30/h2-13,18H,14-17,19H2,1H3. The largest absolute Gasteiger partial charge is 0.367 e. The Labute approximate surface area is 245 Å². The van der Waals surface area contributed by atoms with Crippen LogP contribution < -0.4 is 4.90 Å². The predicted molar refractivity (Wildman–Crippen MR) is 161 cm³/mol. The molecule has 40 heavy (non-hydrogen) atoms. The highest BCUT2D eigenvalue weighted by atomic mass is 35.5. The molecule has 0 unspecified atom stereocenters. The Bertz CT molecular complexity index is 1630. The molecule has 0 bridgehead atoms. The van der Waals surface area contributed by atoms with Crippen LogP contribution in [0, 0.1) is 6.92 Å². The van der Waals surface area contributed by atoms with E-state index in [1.165, 1.54) is 11.3 Å². The third-order valence-corrected chi connectivity index (χ3v) is 9.08. The highest BCUT2D eigenvalue weighted by Gasteiger charge is 2.25. The molecule has 3 aromatic heterocycles. The maximum Gasteiger partial charge on any atom is 0.273 e. The van der Waals surface area contributed by atoms with Gasteiger partial charge in [0.25, 0.3) is 5.91 Å². The summed E-state index contributed by atoms with van der Waals surface area (Å²) in [6.45, 7) is 4.80. The summed E-state index contributed by atoms with van der Waals surface area (Å²) in [7, 11) is 0. The van der Waals surface area contributed by atoms with Gasteiger partial charge in [0, 0.05) is 49.5 Å². The molecule has 1 aliphatic heterocycles. The van der Waals surface area contributed by atoms with Gasteiger partial charge >= 0.3 is 0 Å². The molecule has 202 valence electrons. The molecule has 6 rings (SSSR count). The number of benzene rings is 2. The third-order valence-electron chi connectivity index (χ3n) is 6.78. The van der Waals surface area contributed by atoms with Crippen molar-refractivity contribution in [2.24, 2.45) is 0 Å². The topological polar surface area (TPSA) is 80.0 Å². The number of aryl methyl sites for hydroxylation is 1. The van der Waals surface area contributed by atoms with Crippen molar-refractivity contribution in [1.29, 1.82) is 0 Å². The molecule has 1 amide bonds. The molecule has 8 nitrogen and oxygen atoms in total. The van der Waals surface area contributed by atoms with E-state index in [4.69, 9.17) is 11.6 Å². The number of hydrogen-bond acceptors (Lipinski definition) is 8. The van der Waals surface area contributed by atoms with Gasteiger partial charge in [-0.1, -0.05) is 53.7 Å². The van der Waals surface area contributed by atoms with Gasteiger partial charge in [-0.05, 0) is 42.8 Å². The second-order valence-corrected chi connectivity index (χ2v) is 11.6. The molecule has 0 atom stereocenters. The average Bonchev–Trinajstić information content (AvgIpc) is 3.64. The molecular weight excluding hydrogens is 562 g/mol. The Morgan fingerprint density at radius 3 is 2.42 bits per heavy atom. The molecule has 0 N–H and O–H groups in total. The van der Waals surface area contributed by atoms with Crippen molar-refractivity contribution in [2.45, 2.75) is 17.8 Å². The number of anilines is 1. The monoisotopic (exact) mass is 587 g/mol. The maximum absolute atomic E-state index is 13.2. The molecule has 5 aromatic rings. The highest BCUT2D eigenvalue weighted by Crippen LogP contribution is 2.32. The molecule has 1 fully saturated rings. The SMILES string of the molecule is Cc1ccccc1-n1c(SCc2nc(C(=O)N3CCN(c4ccccc4Cl)CC3)cs2)nnc1-c1ccncc1. The molecule has 11 heteroatoms. The Kier molecular flexibility index (Phi) is 7.81. The smallest absolute Gasteiger partial charge is 0.273 e. The van der Waals surface area contributed by atoms with Crippen molar-refractivity contribution >= 4 is 46.3 Å². The van der Waals surface area contributed by atoms with Crippen LogP contribution in [0.1, 0.15) is 21.1 Å². The van der Waals surface area contributed by atoms with Crippen molar-refractivity contribution in [3.63, 3.8) is 0 Å². The molecule has 0 spiro atoms. The summed E-state index contributed by atoms with van der Waals surface area (Å²) >= 11 is 9.42. The van der Waals surface area contributed by atoms with Crippen LogP contribution in [0.2, 0.25) is 5.02 Å². The Hall–Kier alpha value is -3.73. The Morgan fingerprint density at radius 1 is 0.950 bits per heavy atom. The molecule has 0 saturated carbocycles. The average molecular weight is 588 g/mol. The van der Waals surface area contributed by atoms with E-state index < -0.39 is 0 Å². The molecule has 2 aromatic carbocycles. The minimum Gasteiger partial charge on any atom is -0.367 e. The van der Waals surface area contributed by atoms with Crippen molar-refractivity contribution in [1.82, 2.24) is 29.6 Å². The van der Waals surface area contributed by atoms with E-state index in [2.05, 4.69) is 48.7 Å². The lowest BCUT2D eigenvalue weighted by Crippen LogP contribution is -2.49. The summed E-state index contributed by atoms with van der Waals surface area (Å²) in [5, 5.41) is 13.3. The minimum atomic E-state index is -0.0330. The summed E-state index contributed by atoms with van der Waals surface area (Å²) in [6, 6.07) is 19.9. The van der Waals surface area contributed by atoms with Crippen LogP contribution in [-0.4, -0.2) is 61.7 Å². The van der Waals surface area contributed by atoms with Crippen LogP contribution in [0.15, 0.2) is 83.6 Å². The highest BCUT2D eigenvalue weighted by molar-refractivity contribution is 7.98.